The molecule has 1 aliphatic rings. The molecule has 2 amide bonds. The Morgan fingerprint density at radius 1 is 0.774 bits per heavy atom. The molecule has 0 saturated carbocycles. The summed E-state index contributed by atoms with van der Waals surface area (Å²) >= 11 is 0. The van der Waals surface area contributed by atoms with E-state index in [0.29, 0.717) is 26.2 Å². The number of carbonyl (C=O) groups excluding carboxylic acids is 2. The zero-order chi connectivity index (χ0) is 22.1. The van der Waals surface area contributed by atoms with Gasteiger partial charge in [-0.1, -0.05) is 24.3 Å². The van der Waals surface area contributed by atoms with Crippen LogP contribution in [0.3, 0.4) is 0 Å². The van der Waals surface area contributed by atoms with Crippen molar-refractivity contribution in [3.63, 3.8) is 0 Å². The maximum atomic E-state index is 12.6. The standard InChI is InChI=1S/C24H31N3O4/c1-30-19-7-3-17(4-8-19)11-13-26-23(28)21-15-25-16-22(21)24(29)27-14-12-18-5-9-20(31-2)10-6-18/h3-10,21-22,25H,11-16H2,1-2H3,(H,26,28)(H,27,29)/t21-,22-/m0/s1. The zero-order valence-corrected chi connectivity index (χ0v) is 18.1. The van der Waals surface area contributed by atoms with Gasteiger partial charge in [-0.25, -0.2) is 0 Å². The van der Waals surface area contributed by atoms with Crippen molar-refractivity contribution in [2.45, 2.75) is 12.8 Å². The molecule has 1 saturated heterocycles. The van der Waals surface area contributed by atoms with Crippen molar-refractivity contribution in [2.24, 2.45) is 11.8 Å². The molecule has 0 bridgehead atoms. The van der Waals surface area contributed by atoms with Crippen LogP contribution in [0.2, 0.25) is 0 Å². The molecule has 0 aromatic heterocycles. The van der Waals surface area contributed by atoms with E-state index in [1.165, 1.54) is 0 Å². The topological polar surface area (TPSA) is 88.7 Å². The number of hydrogen-bond donors (Lipinski definition) is 3. The van der Waals surface area contributed by atoms with Crippen LogP contribution < -0.4 is 25.4 Å². The molecule has 0 radical (unpaired) electrons. The molecule has 0 spiro atoms. The minimum Gasteiger partial charge on any atom is -0.497 e. The fraction of sp³-hybridized carbons (Fsp3) is 0.417. The summed E-state index contributed by atoms with van der Waals surface area (Å²) < 4.78 is 10.3. The lowest BCUT2D eigenvalue weighted by Gasteiger charge is -2.18. The first kappa shape index (κ1) is 22.6. The van der Waals surface area contributed by atoms with E-state index in [0.717, 1.165) is 35.5 Å². The van der Waals surface area contributed by atoms with E-state index >= 15 is 0 Å². The van der Waals surface area contributed by atoms with Crippen LogP contribution >= 0.6 is 0 Å². The Hall–Kier alpha value is -3.06. The summed E-state index contributed by atoms with van der Waals surface area (Å²) in [5, 5.41) is 9.13. The largest absolute Gasteiger partial charge is 0.497 e. The Bertz CT molecular complexity index is 781. The van der Waals surface area contributed by atoms with Crippen molar-refractivity contribution in [1.29, 1.82) is 0 Å². The van der Waals surface area contributed by atoms with Crippen LogP contribution in [0.25, 0.3) is 0 Å². The van der Waals surface area contributed by atoms with Crippen LogP contribution in [0.1, 0.15) is 11.1 Å². The van der Waals surface area contributed by atoms with Crippen LogP contribution in [0.15, 0.2) is 48.5 Å². The van der Waals surface area contributed by atoms with Crippen LogP contribution in [0.5, 0.6) is 11.5 Å². The highest BCUT2D eigenvalue weighted by Crippen LogP contribution is 2.18. The quantitative estimate of drug-likeness (QED) is 0.538. The maximum Gasteiger partial charge on any atom is 0.225 e. The molecule has 3 rings (SSSR count). The molecule has 2 atom stereocenters. The van der Waals surface area contributed by atoms with Gasteiger partial charge in [0, 0.05) is 26.2 Å². The number of rotatable bonds is 10. The number of methoxy groups -OCH3 is 2. The minimum absolute atomic E-state index is 0.0752. The Kier molecular flexibility index (Phi) is 8.29. The Morgan fingerprint density at radius 2 is 1.16 bits per heavy atom. The van der Waals surface area contributed by atoms with Gasteiger partial charge in [0.15, 0.2) is 0 Å². The number of benzene rings is 2. The summed E-state index contributed by atoms with van der Waals surface area (Å²) in [7, 11) is 3.27. The first-order valence-corrected chi connectivity index (χ1v) is 10.6. The van der Waals surface area contributed by atoms with Crippen molar-refractivity contribution in [3.8, 4) is 11.5 Å². The summed E-state index contributed by atoms with van der Waals surface area (Å²) in [5.41, 5.74) is 2.25. The second-order valence-electron chi connectivity index (χ2n) is 7.65. The third kappa shape index (κ3) is 6.46. The van der Waals surface area contributed by atoms with Gasteiger partial charge < -0.3 is 25.4 Å². The number of carbonyl (C=O) groups is 2. The predicted molar refractivity (Wildman–Crippen MR) is 119 cm³/mol. The van der Waals surface area contributed by atoms with Gasteiger partial charge in [-0.05, 0) is 48.2 Å². The van der Waals surface area contributed by atoms with Crippen molar-refractivity contribution in [3.05, 3.63) is 59.7 Å². The fourth-order valence-corrected chi connectivity index (χ4v) is 3.74. The van der Waals surface area contributed by atoms with Gasteiger partial charge in [0.1, 0.15) is 11.5 Å². The monoisotopic (exact) mass is 425 g/mol. The number of amides is 2. The normalized spacial score (nSPS) is 17.7. The number of hydrogen-bond acceptors (Lipinski definition) is 5. The molecule has 1 fully saturated rings. The van der Waals surface area contributed by atoms with E-state index in [2.05, 4.69) is 16.0 Å². The maximum absolute atomic E-state index is 12.6. The Balaban J connectivity index is 1.41. The average molecular weight is 426 g/mol. The minimum atomic E-state index is -0.350. The Morgan fingerprint density at radius 3 is 1.52 bits per heavy atom. The summed E-state index contributed by atoms with van der Waals surface area (Å²) in [6, 6.07) is 15.6. The van der Waals surface area contributed by atoms with Gasteiger partial charge in [-0.15, -0.1) is 0 Å². The molecule has 166 valence electrons. The summed E-state index contributed by atoms with van der Waals surface area (Å²) in [6.07, 6.45) is 1.46. The second-order valence-corrected chi connectivity index (χ2v) is 7.65. The van der Waals surface area contributed by atoms with Crippen molar-refractivity contribution in [1.82, 2.24) is 16.0 Å². The predicted octanol–water partition coefficient (Wildman–Crippen LogP) is 1.56. The lowest BCUT2D eigenvalue weighted by atomic mass is 9.94. The smallest absolute Gasteiger partial charge is 0.225 e. The first-order valence-electron chi connectivity index (χ1n) is 10.6. The lowest BCUT2D eigenvalue weighted by Crippen LogP contribution is -2.42. The summed E-state index contributed by atoms with van der Waals surface area (Å²) in [4.78, 5) is 25.3. The molecular weight excluding hydrogens is 394 g/mol. The molecule has 7 heteroatoms. The van der Waals surface area contributed by atoms with Gasteiger partial charge in [0.05, 0.1) is 26.1 Å². The Labute approximate surface area is 183 Å². The average Bonchev–Trinajstić information content (AvgIpc) is 3.30. The third-order valence-electron chi connectivity index (χ3n) is 5.63. The zero-order valence-electron chi connectivity index (χ0n) is 18.1. The number of ether oxygens (including phenoxy) is 2. The molecule has 1 heterocycles. The highest BCUT2D eigenvalue weighted by Gasteiger charge is 2.37. The first-order chi connectivity index (χ1) is 15.1. The lowest BCUT2D eigenvalue weighted by molar-refractivity contribution is -0.132. The van der Waals surface area contributed by atoms with E-state index in [1.54, 1.807) is 14.2 Å². The molecule has 0 unspecified atom stereocenters. The molecule has 7 nitrogen and oxygen atoms in total. The number of nitrogens with one attached hydrogen (secondary N) is 3. The van der Waals surface area contributed by atoms with Gasteiger partial charge in [0.2, 0.25) is 11.8 Å². The van der Waals surface area contributed by atoms with Crippen molar-refractivity contribution >= 4 is 11.8 Å². The highest BCUT2D eigenvalue weighted by molar-refractivity contribution is 5.88. The molecule has 2 aromatic rings. The van der Waals surface area contributed by atoms with Gasteiger partial charge in [0.25, 0.3) is 0 Å². The third-order valence-corrected chi connectivity index (χ3v) is 5.63. The van der Waals surface area contributed by atoms with E-state index in [1.807, 2.05) is 48.5 Å². The molecule has 2 aromatic carbocycles. The van der Waals surface area contributed by atoms with Gasteiger partial charge >= 0.3 is 0 Å². The molecule has 3 N–H and O–H groups in total. The van der Waals surface area contributed by atoms with Gasteiger partial charge in [-0.3, -0.25) is 9.59 Å². The SMILES string of the molecule is COc1ccc(CCNC(=O)[C@H]2CNC[C@@H]2C(=O)NCCc2ccc(OC)cc2)cc1. The summed E-state index contributed by atoms with van der Waals surface area (Å²) in [6.45, 7) is 2.11. The van der Waals surface area contributed by atoms with Crippen LogP contribution in [0, 0.1) is 11.8 Å². The van der Waals surface area contributed by atoms with Crippen LogP contribution in [0.4, 0.5) is 0 Å². The highest BCUT2D eigenvalue weighted by atomic mass is 16.5. The van der Waals surface area contributed by atoms with Crippen LogP contribution in [-0.4, -0.2) is 52.2 Å². The molecule has 0 aliphatic carbocycles. The fourth-order valence-electron chi connectivity index (χ4n) is 3.74. The van der Waals surface area contributed by atoms with E-state index in [-0.39, 0.29) is 23.7 Å². The van der Waals surface area contributed by atoms with Crippen molar-refractivity contribution < 1.29 is 19.1 Å². The van der Waals surface area contributed by atoms with E-state index in [4.69, 9.17) is 9.47 Å². The summed E-state index contributed by atoms with van der Waals surface area (Å²) in [5.74, 6) is 0.771. The van der Waals surface area contributed by atoms with Gasteiger partial charge in [-0.2, -0.15) is 0 Å². The van der Waals surface area contributed by atoms with Crippen molar-refractivity contribution in [2.75, 3.05) is 40.4 Å². The van der Waals surface area contributed by atoms with Crippen LogP contribution in [-0.2, 0) is 22.4 Å². The molecule has 31 heavy (non-hydrogen) atoms. The van der Waals surface area contributed by atoms with E-state index < -0.39 is 0 Å². The molecular formula is C24H31N3O4. The second kappa shape index (κ2) is 11.4. The van der Waals surface area contributed by atoms with E-state index in [9.17, 15) is 9.59 Å². The molecule has 1 aliphatic heterocycles.